The van der Waals surface area contributed by atoms with E-state index in [0.29, 0.717) is 0 Å². The predicted octanol–water partition coefficient (Wildman–Crippen LogP) is 5.83. The largest absolute Gasteiger partial charge is 0.115 e. The molecule has 0 heterocycles. The quantitative estimate of drug-likeness (QED) is 0.332. The van der Waals surface area contributed by atoms with E-state index in [1.165, 1.54) is 32.1 Å². The molecule has 0 unspecified atom stereocenters. The zero-order valence-electron chi connectivity index (χ0n) is 13.7. The maximum absolute atomic E-state index is 5.14. The molecule has 0 aromatic heterocycles. The van der Waals surface area contributed by atoms with E-state index < -0.39 is 0 Å². The molecule has 0 saturated carbocycles. The first-order chi connectivity index (χ1) is 10.9. The third-order valence-corrected chi connectivity index (χ3v) is 3.15. The molecule has 0 nitrogen and oxygen atoms in total. The van der Waals surface area contributed by atoms with Crippen molar-refractivity contribution in [3.05, 3.63) is 36.5 Å². The molecule has 0 aliphatic heterocycles. The van der Waals surface area contributed by atoms with Crippen LogP contribution in [0.25, 0.3) is 0 Å². The zero-order chi connectivity index (χ0) is 16.1. The van der Waals surface area contributed by atoms with E-state index in [-0.39, 0.29) is 0 Å². The minimum absolute atomic E-state index is 0.938. The molecule has 0 amide bonds. The summed E-state index contributed by atoms with van der Waals surface area (Å²) >= 11 is 0. The Balaban J connectivity index is 3.31. The molecule has 0 fully saturated rings. The summed E-state index contributed by atoms with van der Waals surface area (Å²) in [5.41, 5.74) is 0. The van der Waals surface area contributed by atoms with Crippen LogP contribution in [0.2, 0.25) is 0 Å². The second kappa shape index (κ2) is 18.9. The Bertz CT molecular complexity index is 463. The summed E-state index contributed by atoms with van der Waals surface area (Å²) in [6.07, 6.45) is 33.8. The standard InChI is InChI=1S/C22H28/c1-3-5-7-9-11-13-15-17-19-21-22-20-18-16-14-12-10-8-6-4-2/h1-2,5-8,20,22H,9-15,17,19,21H2/b7-5+,8-6+,22-20+. The van der Waals surface area contributed by atoms with Gasteiger partial charge in [-0.3, -0.25) is 0 Å². The van der Waals surface area contributed by atoms with Gasteiger partial charge in [0.1, 0.15) is 0 Å². The molecular weight excluding hydrogens is 264 g/mol. The fraction of sp³-hybridized carbons (Fsp3) is 0.455. The molecule has 116 valence electrons. The van der Waals surface area contributed by atoms with Crippen LogP contribution in [0.3, 0.4) is 0 Å². The third-order valence-electron chi connectivity index (χ3n) is 3.15. The Hall–Kier alpha value is -2.10. The number of allylic oxidation sites excluding steroid dienone is 6. The van der Waals surface area contributed by atoms with Crippen molar-refractivity contribution in [3.63, 3.8) is 0 Å². The van der Waals surface area contributed by atoms with Crippen LogP contribution in [0.4, 0.5) is 0 Å². The molecule has 0 atom stereocenters. The summed E-state index contributed by atoms with van der Waals surface area (Å²) in [5, 5.41) is 0. The molecule has 0 aromatic carbocycles. The van der Waals surface area contributed by atoms with Gasteiger partial charge in [-0.15, -0.1) is 12.8 Å². The molecule has 0 aliphatic rings. The van der Waals surface area contributed by atoms with E-state index in [1.807, 2.05) is 12.2 Å². The molecular formula is C22H28. The highest BCUT2D eigenvalue weighted by Gasteiger charge is 1.88. The molecule has 22 heavy (non-hydrogen) atoms. The van der Waals surface area contributed by atoms with Gasteiger partial charge in [0.25, 0.3) is 0 Å². The normalized spacial score (nSPS) is 10.6. The van der Waals surface area contributed by atoms with Crippen LogP contribution >= 0.6 is 0 Å². The minimum Gasteiger partial charge on any atom is -0.115 e. The van der Waals surface area contributed by atoms with Crippen molar-refractivity contribution in [3.8, 4) is 36.5 Å². The maximum Gasteiger partial charge on any atom is 0.00951 e. The van der Waals surface area contributed by atoms with Gasteiger partial charge in [0.2, 0.25) is 0 Å². The number of hydrogen-bond acceptors (Lipinski definition) is 0. The molecule has 0 N–H and O–H groups in total. The van der Waals surface area contributed by atoms with E-state index in [0.717, 1.165) is 32.1 Å². The van der Waals surface area contributed by atoms with Crippen LogP contribution in [0.15, 0.2) is 36.5 Å². The fourth-order valence-corrected chi connectivity index (χ4v) is 1.94. The van der Waals surface area contributed by atoms with Crippen LogP contribution in [-0.4, -0.2) is 0 Å². The van der Waals surface area contributed by atoms with Crippen molar-refractivity contribution in [1.29, 1.82) is 0 Å². The van der Waals surface area contributed by atoms with Crippen molar-refractivity contribution in [1.82, 2.24) is 0 Å². The SMILES string of the molecule is C#C/C=C/CCCC#C/C=C/CCCCCCC/C=C/C#C. The summed E-state index contributed by atoms with van der Waals surface area (Å²) in [6.45, 7) is 0. The highest BCUT2D eigenvalue weighted by molar-refractivity contribution is 5.15. The van der Waals surface area contributed by atoms with Gasteiger partial charge in [-0.2, -0.15) is 0 Å². The Morgan fingerprint density at radius 1 is 0.591 bits per heavy atom. The van der Waals surface area contributed by atoms with E-state index >= 15 is 0 Å². The van der Waals surface area contributed by atoms with E-state index in [1.54, 1.807) is 12.2 Å². The van der Waals surface area contributed by atoms with Gasteiger partial charge < -0.3 is 0 Å². The second-order valence-electron chi connectivity index (χ2n) is 5.10. The highest BCUT2D eigenvalue weighted by Crippen LogP contribution is 2.07. The molecule has 0 aliphatic carbocycles. The van der Waals surface area contributed by atoms with E-state index in [2.05, 4.69) is 35.8 Å². The van der Waals surface area contributed by atoms with Crippen molar-refractivity contribution in [2.45, 2.75) is 64.2 Å². The second-order valence-corrected chi connectivity index (χ2v) is 5.10. The fourth-order valence-electron chi connectivity index (χ4n) is 1.94. The monoisotopic (exact) mass is 292 g/mol. The van der Waals surface area contributed by atoms with Gasteiger partial charge in [-0.1, -0.05) is 61.2 Å². The van der Waals surface area contributed by atoms with Gasteiger partial charge in [-0.05, 0) is 56.8 Å². The lowest BCUT2D eigenvalue weighted by atomic mass is 10.1. The summed E-state index contributed by atoms with van der Waals surface area (Å²) in [6, 6.07) is 0. The Morgan fingerprint density at radius 2 is 1.09 bits per heavy atom. The molecule has 0 heteroatoms. The lowest BCUT2D eigenvalue weighted by Gasteiger charge is -1.97. The minimum atomic E-state index is 0.938. The van der Waals surface area contributed by atoms with Crippen LogP contribution < -0.4 is 0 Å². The Labute approximate surface area is 137 Å². The van der Waals surface area contributed by atoms with Crippen LogP contribution in [-0.2, 0) is 0 Å². The van der Waals surface area contributed by atoms with Crippen molar-refractivity contribution >= 4 is 0 Å². The maximum atomic E-state index is 5.14. The first-order valence-electron chi connectivity index (χ1n) is 8.27. The Kier molecular flexibility index (Phi) is 17.1. The number of unbranched alkanes of at least 4 members (excludes halogenated alkanes) is 8. The molecule has 0 radical (unpaired) electrons. The highest BCUT2D eigenvalue weighted by atomic mass is 13.9. The summed E-state index contributed by atoms with van der Waals surface area (Å²) in [4.78, 5) is 0. The van der Waals surface area contributed by atoms with Crippen molar-refractivity contribution < 1.29 is 0 Å². The molecule has 0 aromatic rings. The number of rotatable bonds is 11. The summed E-state index contributed by atoms with van der Waals surface area (Å²) in [7, 11) is 0. The topological polar surface area (TPSA) is 0 Å². The lowest BCUT2D eigenvalue weighted by Crippen LogP contribution is -1.78. The van der Waals surface area contributed by atoms with E-state index in [9.17, 15) is 0 Å². The molecule has 0 bridgehead atoms. The summed E-state index contributed by atoms with van der Waals surface area (Å²) < 4.78 is 0. The van der Waals surface area contributed by atoms with Gasteiger partial charge in [0.15, 0.2) is 0 Å². The zero-order valence-corrected chi connectivity index (χ0v) is 13.7. The van der Waals surface area contributed by atoms with Crippen LogP contribution in [0.1, 0.15) is 64.2 Å². The summed E-state index contributed by atoms with van der Waals surface area (Å²) in [5.74, 6) is 11.2. The van der Waals surface area contributed by atoms with Crippen LogP contribution in [0, 0.1) is 36.5 Å². The average Bonchev–Trinajstić information content (AvgIpc) is 2.54. The third kappa shape index (κ3) is 17.9. The molecule has 0 spiro atoms. The predicted molar refractivity (Wildman–Crippen MR) is 99.0 cm³/mol. The van der Waals surface area contributed by atoms with Gasteiger partial charge in [0, 0.05) is 6.42 Å². The van der Waals surface area contributed by atoms with Gasteiger partial charge >= 0.3 is 0 Å². The van der Waals surface area contributed by atoms with Gasteiger partial charge in [-0.25, -0.2) is 0 Å². The van der Waals surface area contributed by atoms with E-state index in [4.69, 9.17) is 12.8 Å². The van der Waals surface area contributed by atoms with Gasteiger partial charge in [0.05, 0.1) is 0 Å². The lowest BCUT2D eigenvalue weighted by molar-refractivity contribution is 0.622. The average molecular weight is 292 g/mol. The number of hydrogen-bond donors (Lipinski definition) is 0. The number of terminal acetylenes is 2. The first-order valence-corrected chi connectivity index (χ1v) is 8.27. The first kappa shape index (κ1) is 19.9. The van der Waals surface area contributed by atoms with Crippen LogP contribution in [0.5, 0.6) is 0 Å². The molecule has 0 saturated heterocycles. The van der Waals surface area contributed by atoms with Crippen molar-refractivity contribution in [2.75, 3.05) is 0 Å². The molecule has 0 rings (SSSR count). The Morgan fingerprint density at radius 3 is 1.68 bits per heavy atom. The smallest absolute Gasteiger partial charge is 0.00951 e. The van der Waals surface area contributed by atoms with Crippen molar-refractivity contribution in [2.24, 2.45) is 0 Å².